The number of aliphatic carboxylic acids is 1. The van der Waals surface area contributed by atoms with Crippen molar-refractivity contribution in [1.82, 2.24) is 5.32 Å². The molecule has 0 aliphatic heterocycles. The maximum atomic E-state index is 11.8. The van der Waals surface area contributed by atoms with E-state index >= 15 is 0 Å². The van der Waals surface area contributed by atoms with Crippen LogP contribution in [0.1, 0.15) is 18.4 Å². The Morgan fingerprint density at radius 2 is 2.10 bits per heavy atom. The topological polar surface area (TPSA) is 66.4 Å². The number of benzene rings is 1. The minimum Gasteiger partial charge on any atom is -0.480 e. The fourth-order valence-corrected chi connectivity index (χ4v) is 2.71. The molecule has 7 heteroatoms. The van der Waals surface area contributed by atoms with Crippen molar-refractivity contribution in [3.8, 4) is 0 Å². The van der Waals surface area contributed by atoms with Gasteiger partial charge in [0.1, 0.15) is 6.04 Å². The zero-order chi connectivity index (χ0) is 15.8. The molecular formula is C14H17Cl2NO3S. The van der Waals surface area contributed by atoms with Gasteiger partial charge < -0.3 is 10.4 Å². The molecule has 0 radical (unpaired) electrons. The van der Waals surface area contributed by atoms with Gasteiger partial charge >= 0.3 is 5.97 Å². The summed E-state index contributed by atoms with van der Waals surface area (Å²) in [7, 11) is 0. The van der Waals surface area contributed by atoms with E-state index in [1.54, 1.807) is 30.0 Å². The number of rotatable bonds is 8. The normalized spacial score (nSPS) is 12.0. The SMILES string of the molecule is CSCCC(NC(=O)CCc1ccc(Cl)cc1Cl)C(=O)O. The largest absolute Gasteiger partial charge is 0.480 e. The predicted octanol–water partition coefficient (Wildman–Crippen LogP) is 3.25. The van der Waals surface area contributed by atoms with Crippen molar-refractivity contribution in [2.24, 2.45) is 0 Å². The summed E-state index contributed by atoms with van der Waals surface area (Å²) in [6, 6.07) is 4.25. The fourth-order valence-electron chi connectivity index (χ4n) is 1.73. The summed E-state index contributed by atoms with van der Waals surface area (Å²) in [6.45, 7) is 0. The van der Waals surface area contributed by atoms with Crippen LogP contribution >= 0.6 is 35.0 Å². The third kappa shape index (κ3) is 6.59. The Bertz CT molecular complexity index is 511. The van der Waals surface area contributed by atoms with Crippen molar-refractivity contribution in [2.75, 3.05) is 12.0 Å². The van der Waals surface area contributed by atoms with Gasteiger partial charge in [0.15, 0.2) is 0 Å². The molecule has 0 heterocycles. The first-order chi connectivity index (χ1) is 9.93. The lowest BCUT2D eigenvalue weighted by atomic mass is 10.1. The highest BCUT2D eigenvalue weighted by molar-refractivity contribution is 7.98. The molecule has 0 bridgehead atoms. The molecule has 0 fully saturated rings. The number of aryl methyl sites for hydroxylation is 1. The van der Waals surface area contributed by atoms with Gasteiger partial charge in [-0.1, -0.05) is 29.3 Å². The van der Waals surface area contributed by atoms with Gasteiger partial charge in [-0.05, 0) is 42.5 Å². The summed E-state index contributed by atoms with van der Waals surface area (Å²) < 4.78 is 0. The summed E-state index contributed by atoms with van der Waals surface area (Å²) in [5, 5.41) is 12.6. The van der Waals surface area contributed by atoms with Gasteiger partial charge in [-0.15, -0.1) is 0 Å². The van der Waals surface area contributed by atoms with Gasteiger partial charge in [0.25, 0.3) is 0 Å². The monoisotopic (exact) mass is 349 g/mol. The Kier molecular flexibility index (Phi) is 7.93. The van der Waals surface area contributed by atoms with Crippen molar-refractivity contribution in [1.29, 1.82) is 0 Å². The summed E-state index contributed by atoms with van der Waals surface area (Å²) in [5.41, 5.74) is 0.812. The van der Waals surface area contributed by atoms with E-state index in [1.165, 1.54) is 0 Å². The summed E-state index contributed by atoms with van der Waals surface area (Å²) in [5.74, 6) is -0.628. The van der Waals surface area contributed by atoms with Gasteiger partial charge in [0.2, 0.25) is 5.91 Å². The van der Waals surface area contributed by atoms with Gasteiger partial charge in [-0.25, -0.2) is 4.79 Å². The second-order valence-corrected chi connectivity index (χ2v) is 6.30. The van der Waals surface area contributed by atoms with Crippen LogP contribution in [0.3, 0.4) is 0 Å². The third-order valence-electron chi connectivity index (χ3n) is 2.88. The first-order valence-electron chi connectivity index (χ1n) is 6.39. The molecule has 1 atom stereocenters. The Labute approximate surface area is 138 Å². The lowest BCUT2D eigenvalue weighted by molar-refractivity contribution is -0.141. The molecule has 0 aromatic heterocycles. The van der Waals surface area contributed by atoms with E-state index < -0.39 is 12.0 Å². The molecule has 21 heavy (non-hydrogen) atoms. The van der Waals surface area contributed by atoms with E-state index in [0.717, 1.165) is 5.56 Å². The van der Waals surface area contributed by atoms with E-state index in [-0.39, 0.29) is 12.3 Å². The number of carbonyl (C=O) groups is 2. The van der Waals surface area contributed by atoms with Gasteiger partial charge in [0.05, 0.1) is 0 Å². The molecule has 116 valence electrons. The third-order valence-corrected chi connectivity index (χ3v) is 4.11. The molecule has 1 aromatic rings. The average molecular weight is 350 g/mol. The van der Waals surface area contributed by atoms with Crippen LogP contribution in [-0.2, 0) is 16.0 Å². The van der Waals surface area contributed by atoms with E-state index in [1.807, 2.05) is 6.26 Å². The van der Waals surface area contributed by atoms with E-state index in [9.17, 15) is 9.59 Å². The molecule has 0 saturated heterocycles. The standard InChI is InChI=1S/C14H17Cl2NO3S/c1-21-7-6-12(14(19)20)17-13(18)5-3-9-2-4-10(15)8-11(9)16/h2,4,8,12H,3,5-7H2,1H3,(H,17,18)(H,19,20). The molecule has 0 aliphatic carbocycles. The predicted molar refractivity (Wildman–Crippen MR) is 87.3 cm³/mol. The highest BCUT2D eigenvalue weighted by atomic mass is 35.5. The number of amides is 1. The first-order valence-corrected chi connectivity index (χ1v) is 8.54. The molecule has 0 aliphatic rings. The minimum atomic E-state index is -1.01. The van der Waals surface area contributed by atoms with Crippen molar-refractivity contribution in [2.45, 2.75) is 25.3 Å². The molecule has 2 N–H and O–H groups in total. The van der Waals surface area contributed by atoms with Crippen molar-refractivity contribution >= 4 is 46.8 Å². The van der Waals surface area contributed by atoms with Crippen molar-refractivity contribution in [3.05, 3.63) is 33.8 Å². The van der Waals surface area contributed by atoms with Crippen molar-refractivity contribution in [3.63, 3.8) is 0 Å². The van der Waals surface area contributed by atoms with Crippen LogP contribution in [0.25, 0.3) is 0 Å². The van der Waals surface area contributed by atoms with Gasteiger partial charge in [-0.2, -0.15) is 11.8 Å². The lowest BCUT2D eigenvalue weighted by Crippen LogP contribution is -2.41. The quantitative estimate of drug-likeness (QED) is 0.755. The summed E-state index contributed by atoms with van der Waals surface area (Å²) >= 11 is 13.4. The Hall–Kier alpha value is -0.910. The number of hydrogen-bond donors (Lipinski definition) is 2. The number of nitrogens with one attached hydrogen (secondary N) is 1. The molecule has 1 rings (SSSR count). The Morgan fingerprint density at radius 3 is 2.67 bits per heavy atom. The molecule has 0 saturated carbocycles. The van der Waals surface area contributed by atoms with Crippen LogP contribution in [0.2, 0.25) is 10.0 Å². The maximum Gasteiger partial charge on any atom is 0.326 e. The molecular weight excluding hydrogens is 333 g/mol. The van der Waals surface area contributed by atoms with Crippen LogP contribution in [0.5, 0.6) is 0 Å². The Morgan fingerprint density at radius 1 is 1.38 bits per heavy atom. The summed E-state index contributed by atoms with van der Waals surface area (Å²) in [4.78, 5) is 22.9. The highest BCUT2D eigenvalue weighted by Gasteiger charge is 2.19. The zero-order valence-electron chi connectivity index (χ0n) is 11.6. The number of thioether (sulfide) groups is 1. The van der Waals surface area contributed by atoms with Crippen LogP contribution in [0.4, 0.5) is 0 Å². The van der Waals surface area contributed by atoms with E-state index in [2.05, 4.69) is 5.32 Å². The smallest absolute Gasteiger partial charge is 0.326 e. The van der Waals surface area contributed by atoms with Crippen molar-refractivity contribution < 1.29 is 14.7 Å². The summed E-state index contributed by atoms with van der Waals surface area (Å²) in [6.07, 6.45) is 2.92. The van der Waals surface area contributed by atoms with Gasteiger partial charge in [-0.3, -0.25) is 4.79 Å². The van der Waals surface area contributed by atoms with Crippen LogP contribution < -0.4 is 5.32 Å². The first kappa shape index (κ1) is 18.1. The van der Waals surface area contributed by atoms with Crippen LogP contribution in [0, 0.1) is 0 Å². The van der Waals surface area contributed by atoms with E-state index in [0.29, 0.717) is 28.6 Å². The molecule has 0 spiro atoms. The maximum absolute atomic E-state index is 11.8. The second-order valence-electron chi connectivity index (χ2n) is 4.48. The van der Waals surface area contributed by atoms with E-state index in [4.69, 9.17) is 28.3 Å². The second kappa shape index (κ2) is 9.18. The number of carboxylic acids is 1. The van der Waals surface area contributed by atoms with Crippen LogP contribution in [-0.4, -0.2) is 35.0 Å². The molecule has 1 amide bonds. The number of hydrogen-bond acceptors (Lipinski definition) is 3. The number of carbonyl (C=O) groups excluding carboxylic acids is 1. The Balaban J connectivity index is 2.50. The zero-order valence-corrected chi connectivity index (χ0v) is 13.9. The number of halogens is 2. The molecule has 4 nitrogen and oxygen atoms in total. The average Bonchev–Trinajstić information content (AvgIpc) is 2.42. The fraction of sp³-hybridized carbons (Fsp3) is 0.429. The minimum absolute atomic E-state index is 0.185. The van der Waals surface area contributed by atoms with Crippen LogP contribution in [0.15, 0.2) is 18.2 Å². The highest BCUT2D eigenvalue weighted by Crippen LogP contribution is 2.22. The molecule has 1 unspecified atom stereocenters. The lowest BCUT2D eigenvalue weighted by Gasteiger charge is -2.14. The van der Waals surface area contributed by atoms with Gasteiger partial charge in [0, 0.05) is 16.5 Å². The number of carboxylic acid groups (broad SMARTS) is 1. The molecule has 1 aromatic carbocycles.